The van der Waals surface area contributed by atoms with Crippen molar-refractivity contribution in [1.82, 2.24) is 19.3 Å². The summed E-state index contributed by atoms with van der Waals surface area (Å²) in [6.45, 7) is 1.70. The molecule has 3 rings (SSSR count). The largest absolute Gasteiger partial charge is 0.351 e. The Hall–Kier alpha value is -3.23. The van der Waals surface area contributed by atoms with Crippen LogP contribution in [-0.4, -0.2) is 25.2 Å². The lowest BCUT2D eigenvalue weighted by molar-refractivity contribution is 0.0988. The maximum absolute atomic E-state index is 12.2. The molecule has 0 spiro atoms. The molecule has 118 valence electrons. The summed E-state index contributed by atoms with van der Waals surface area (Å²) in [5.41, 5.74) is 0.181. The van der Waals surface area contributed by atoms with Crippen LogP contribution in [0.1, 0.15) is 16.2 Å². The molecule has 3 aromatic rings. The molecule has 0 radical (unpaired) electrons. The average Bonchev–Trinajstić information content (AvgIpc) is 2.97. The molecule has 0 aromatic carbocycles. The molecule has 0 aliphatic rings. The van der Waals surface area contributed by atoms with Crippen LogP contribution in [0.4, 0.5) is 5.69 Å². The van der Waals surface area contributed by atoms with Crippen LogP contribution in [0.25, 0.3) is 11.0 Å². The van der Waals surface area contributed by atoms with E-state index in [1.807, 2.05) is 0 Å². The molecular weight excluding hydrogens is 302 g/mol. The quantitative estimate of drug-likeness (QED) is 0.722. The molecule has 1 amide bonds. The Balaban J connectivity index is 2.05. The Morgan fingerprint density at radius 2 is 1.96 bits per heavy atom. The minimum Gasteiger partial charge on any atom is -0.351 e. The third kappa shape index (κ3) is 2.41. The Morgan fingerprint density at radius 1 is 1.22 bits per heavy atom. The number of fused-ring (bicyclic) bond motifs is 1. The maximum atomic E-state index is 12.2. The first-order valence-corrected chi connectivity index (χ1v) is 6.69. The van der Waals surface area contributed by atoms with Crippen molar-refractivity contribution in [3.63, 3.8) is 0 Å². The second-order valence-electron chi connectivity index (χ2n) is 5.09. The van der Waals surface area contributed by atoms with E-state index >= 15 is 0 Å². The van der Waals surface area contributed by atoms with Crippen LogP contribution < -0.4 is 16.6 Å². The number of aromatic nitrogens is 4. The molecule has 9 nitrogen and oxygen atoms in total. The summed E-state index contributed by atoms with van der Waals surface area (Å²) in [5, 5.41) is 6.43. The van der Waals surface area contributed by atoms with E-state index in [-0.39, 0.29) is 16.8 Å². The van der Waals surface area contributed by atoms with E-state index in [1.54, 1.807) is 6.92 Å². The van der Waals surface area contributed by atoms with E-state index < -0.39 is 17.2 Å². The molecule has 0 fully saturated rings. The maximum Gasteiger partial charge on any atom is 0.332 e. The zero-order valence-electron chi connectivity index (χ0n) is 12.7. The minimum atomic E-state index is -0.506. The van der Waals surface area contributed by atoms with E-state index in [0.717, 1.165) is 4.57 Å². The molecule has 0 unspecified atom stereocenters. The summed E-state index contributed by atoms with van der Waals surface area (Å²) in [7, 11) is 2.90. The zero-order valence-corrected chi connectivity index (χ0v) is 12.7. The molecule has 23 heavy (non-hydrogen) atoms. The van der Waals surface area contributed by atoms with Crippen molar-refractivity contribution in [3.8, 4) is 0 Å². The van der Waals surface area contributed by atoms with Crippen molar-refractivity contribution >= 4 is 22.6 Å². The third-order valence-corrected chi connectivity index (χ3v) is 3.40. The smallest absolute Gasteiger partial charge is 0.332 e. The van der Waals surface area contributed by atoms with Gasteiger partial charge in [0.2, 0.25) is 5.76 Å². The lowest BCUT2D eigenvalue weighted by Gasteiger charge is -2.08. The van der Waals surface area contributed by atoms with Crippen LogP contribution in [0.2, 0.25) is 0 Å². The van der Waals surface area contributed by atoms with Crippen molar-refractivity contribution in [1.29, 1.82) is 0 Å². The van der Waals surface area contributed by atoms with Gasteiger partial charge < -0.3 is 9.84 Å². The number of aryl methyl sites for hydroxylation is 2. The van der Waals surface area contributed by atoms with Gasteiger partial charge in [-0.05, 0) is 13.0 Å². The van der Waals surface area contributed by atoms with Crippen LogP contribution in [0.5, 0.6) is 0 Å². The number of carbonyl (C=O) groups excluding carboxylic acids is 1. The van der Waals surface area contributed by atoms with Crippen molar-refractivity contribution in [3.05, 3.63) is 50.6 Å². The second-order valence-corrected chi connectivity index (χ2v) is 5.09. The average molecular weight is 315 g/mol. The van der Waals surface area contributed by atoms with Gasteiger partial charge in [-0.2, -0.15) is 0 Å². The van der Waals surface area contributed by atoms with Gasteiger partial charge in [0.15, 0.2) is 0 Å². The molecule has 0 aliphatic carbocycles. The van der Waals surface area contributed by atoms with Crippen molar-refractivity contribution < 1.29 is 9.32 Å². The number of amides is 1. The van der Waals surface area contributed by atoms with Gasteiger partial charge in [-0.15, -0.1) is 0 Å². The lowest BCUT2D eigenvalue weighted by atomic mass is 10.3. The van der Waals surface area contributed by atoms with E-state index in [0.29, 0.717) is 11.4 Å². The van der Waals surface area contributed by atoms with Crippen LogP contribution >= 0.6 is 0 Å². The highest BCUT2D eigenvalue weighted by molar-refractivity contribution is 6.02. The molecule has 0 atom stereocenters. The zero-order chi connectivity index (χ0) is 16.7. The van der Waals surface area contributed by atoms with Crippen LogP contribution in [0.3, 0.4) is 0 Å². The summed E-state index contributed by atoms with van der Waals surface area (Å²) in [6.07, 6.45) is 1.36. The van der Waals surface area contributed by atoms with Crippen molar-refractivity contribution in [2.24, 2.45) is 14.1 Å². The highest BCUT2D eigenvalue weighted by Crippen LogP contribution is 2.13. The van der Waals surface area contributed by atoms with Gasteiger partial charge in [0.25, 0.3) is 11.5 Å². The first kappa shape index (κ1) is 14.7. The minimum absolute atomic E-state index is 0.0518. The lowest BCUT2D eigenvalue weighted by Crippen LogP contribution is -2.37. The topological polar surface area (TPSA) is 112 Å². The van der Waals surface area contributed by atoms with Gasteiger partial charge in [-0.1, -0.05) is 5.16 Å². The molecule has 0 bridgehead atoms. The number of hydrogen-bond acceptors (Lipinski definition) is 6. The normalized spacial score (nSPS) is 10.9. The van der Waals surface area contributed by atoms with E-state index in [9.17, 15) is 14.4 Å². The Kier molecular flexibility index (Phi) is 3.32. The fourth-order valence-corrected chi connectivity index (χ4v) is 2.20. The SMILES string of the molecule is Cc1cc(C(=O)Nc2cnc3c(c2)c(=O)n(C)c(=O)n3C)on1. The summed E-state index contributed by atoms with van der Waals surface area (Å²) in [4.78, 5) is 40.1. The van der Waals surface area contributed by atoms with Crippen molar-refractivity contribution in [2.75, 3.05) is 5.32 Å². The number of nitrogens with zero attached hydrogens (tertiary/aromatic N) is 4. The summed E-state index contributed by atoms with van der Waals surface area (Å²) < 4.78 is 7.12. The van der Waals surface area contributed by atoms with Gasteiger partial charge >= 0.3 is 5.69 Å². The van der Waals surface area contributed by atoms with Crippen LogP contribution in [0, 0.1) is 6.92 Å². The van der Waals surface area contributed by atoms with Gasteiger partial charge in [0.05, 0.1) is 23.0 Å². The fraction of sp³-hybridized carbons (Fsp3) is 0.214. The number of hydrogen-bond donors (Lipinski definition) is 1. The highest BCUT2D eigenvalue weighted by atomic mass is 16.5. The summed E-state index contributed by atoms with van der Waals surface area (Å²) >= 11 is 0. The van der Waals surface area contributed by atoms with Gasteiger partial charge in [-0.3, -0.25) is 18.7 Å². The molecule has 3 heterocycles. The first-order chi connectivity index (χ1) is 10.9. The Morgan fingerprint density at radius 3 is 2.61 bits per heavy atom. The van der Waals surface area contributed by atoms with E-state index in [4.69, 9.17) is 4.52 Å². The molecule has 0 saturated heterocycles. The number of rotatable bonds is 2. The van der Waals surface area contributed by atoms with E-state index in [2.05, 4.69) is 15.5 Å². The highest BCUT2D eigenvalue weighted by Gasteiger charge is 2.14. The molecule has 1 N–H and O–H groups in total. The van der Waals surface area contributed by atoms with Gasteiger partial charge in [0, 0.05) is 20.2 Å². The standard InChI is InChI=1S/C14H13N5O4/c1-7-4-10(23-17-7)12(20)16-8-5-9-11(15-6-8)18(2)14(22)19(3)13(9)21/h4-6H,1-3H3,(H,16,20). The molecule has 3 aromatic heterocycles. The van der Waals surface area contributed by atoms with Crippen molar-refractivity contribution in [2.45, 2.75) is 6.92 Å². The fourth-order valence-electron chi connectivity index (χ4n) is 2.20. The van der Waals surface area contributed by atoms with E-state index in [1.165, 1.54) is 37.0 Å². The summed E-state index contributed by atoms with van der Waals surface area (Å²) in [6, 6.07) is 2.96. The van der Waals surface area contributed by atoms with Gasteiger partial charge in [0.1, 0.15) is 5.65 Å². The second kappa shape index (κ2) is 5.20. The molecule has 9 heteroatoms. The predicted octanol–water partition coefficient (Wildman–Crippen LogP) is 0.181. The van der Waals surface area contributed by atoms with Crippen LogP contribution in [-0.2, 0) is 14.1 Å². The number of pyridine rings is 1. The number of anilines is 1. The van der Waals surface area contributed by atoms with Crippen LogP contribution in [0.15, 0.2) is 32.4 Å². The molecular formula is C14H13N5O4. The molecule has 0 saturated carbocycles. The first-order valence-electron chi connectivity index (χ1n) is 6.69. The number of carbonyl (C=O) groups is 1. The summed E-state index contributed by atoms with van der Waals surface area (Å²) in [5.74, 6) is -0.454. The molecule has 0 aliphatic heterocycles. The van der Waals surface area contributed by atoms with Gasteiger partial charge in [-0.25, -0.2) is 9.78 Å². The third-order valence-electron chi connectivity index (χ3n) is 3.40. The monoisotopic (exact) mass is 315 g/mol. The predicted molar refractivity (Wildman–Crippen MR) is 81.4 cm³/mol. The Bertz CT molecular complexity index is 1040. The number of nitrogens with one attached hydrogen (secondary N) is 1. The Labute approximate surface area is 129 Å².